The molecule has 0 fully saturated rings. The Balaban J connectivity index is -0.000000215. The first kappa shape index (κ1) is 153. The fraction of sp³-hybridized carbons (Fsp3) is 0.413. The second-order valence-corrected chi connectivity index (χ2v) is 38.0. The minimum atomic E-state index is -1.09. The Hall–Kier alpha value is -14.4. The SMILES string of the molecule is C.C.C.C.C.C.C=C(C)C(=O)OC.C=C(C)C(=O)OC.C=C(CC(C)(C)C(=O)OC)C(=O)OC.C=C(CC(C)(C)C(=O)OC)C(=O)OC.C=C(CC(C)(C)c1ccccc1)c1ccccc1.C=C(CC(C)(CC(C)(C)C(=O)OC)C(=O)OC)C(=O)OC.C=C(CC(C)(CC(C)(C)C(=O)OC)C(=O)OC)C(=O)OC.C=C(CC(CC(C)(C)c1ccccc1)c1ccccc1)c1ccccc1.C=Cc1ccccc1.C=Cc1ccccc1. The third-order valence-corrected chi connectivity index (χ3v) is 22.2. The highest BCUT2D eigenvalue weighted by molar-refractivity contribution is 5.92. The second kappa shape index (κ2) is 77.9. The fourth-order valence-electron chi connectivity index (χ4n) is 14.7. The smallest absolute Gasteiger partial charge is 0.333 e. The molecule has 0 heterocycles. The van der Waals surface area contributed by atoms with Gasteiger partial charge < -0.3 is 56.8 Å². The molecule has 7 aromatic rings. The average molecular weight is 2080 g/mol. The van der Waals surface area contributed by atoms with Gasteiger partial charge in [0.15, 0.2) is 0 Å². The molecule has 0 N–H and O–H groups in total. The predicted octanol–water partition coefficient (Wildman–Crippen LogP) is 28.6. The van der Waals surface area contributed by atoms with E-state index in [4.69, 9.17) is 18.9 Å². The van der Waals surface area contributed by atoms with E-state index in [0.717, 1.165) is 19.3 Å². The van der Waals surface area contributed by atoms with Gasteiger partial charge in [0.2, 0.25) is 0 Å². The van der Waals surface area contributed by atoms with Crippen LogP contribution in [-0.4, -0.2) is 157 Å². The fourth-order valence-corrected chi connectivity index (χ4v) is 14.7. The van der Waals surface area contributed by atoms with Gasteiger partial charge >= 0.3 is 71.6 Å². The molecule has 0 aliphatic heterocycles. The molecule has 832 valence electrons. The number of carbonyl (C=O) groups is 12. The second-order valence-electron chi connectivity index (χ2n) is 38.0. The average Bonchev–Trinajstić information content (AvgIpc) is 0.809. The van der Waals surface area contributed by atoms with Crippen LogP contribution in [0.4, 0.5) is 0 Å². The first-order valence-electron chi connectivity index (χ1n) is 46.2. The van der Waals surface area contributed by atoms with Crippen molar-refractivity contribution in [2.75, 3.05) is 85.3 Å². The van der Waals surface area contributed by atoms with Crippen LogP contribution in [0, 0.1) is 32.5 Å². The van der Waals surface area contributed by atoms with Crippen molar-refractivity contribution in [3.05, 3.63) is 350 Å². The van der Waals surface area contributed by atoms with Gasteiger partial charge in [0.1, 0.15) is 0 Å². The number of esters is 12. The van der Waals surface area contributed by atoms with Crippen molar-refractivity contribution in [2.24, 2.45) is 32.5 Å². The van der Waals surface area contributed by atoms with Crippen LogP contribution in [0.1, 0.15) is 258 Å². The van der Waals surface area contributed by atoms with Crippen LogP contribution in [-0.2, 0) is 125 Å². The lowest BCUT2D eigenvalue weighted by atomic mass is 9.71. The molecule has 0 aromatic heterocycles. The monoisotopic (exact) mass is 2080 g/mol. The molecule has 0 bridgehead atoms. The highest BCUT2D eigenvalue weighted by Crippen LogP contribution is 2.44. The van der Waals surface area contributed by atoms with Crippen molar-refractivity contribution in [2.45, 2.75) is 230 Å². The molecule has 24 nitrogen and oxygen atoms in total. The van der Waals surface area contributed by atoms with Gasteiger partial charge in [-0.3, -0.25) is 28.8 Å². The topological polar surface area (TPSA) is 316 Å². The van der Waals surface area contributed by atoms with Crippen LogP contribution in [0.25, 0.3) is 23.3 Å². The summed E-state index contributed by atoms with van der Waals surface area (Å²) in [6.45, 7) is 66.1. The maximum absolute atomic E-state index is 12.1. The van der Waals surface area contributed by atoms with E-state index in [-0.39, 0.29) is 140 Å². The first-order valence-corrected chi connectivity index (χ1v) is 46.2. The quantitative estimate of drug-likeness (QED) is 0.0198. The molecule has 0 radical (unpaired) electrons. The van der Waals surface area contributed by atoms with E-state index in [1.54, 1.807) is 83.1 Å². The van der Waals surface area contributed by atoms with Gasteiger partial charge in [0, 0.05) is 33.4 Å². The van der Waals surface area contributed by atoms with E-state index in [0.29, 0.717) is 17.1 Å². The van der Waals surface area contributed by atoms with Crippen molar-refractivity contribution in [1.82, 2.24) is 0 Å². The van der Waals surface area contributed by atoms with E-state index in [1.807, 2.05) is 78.9 Å². The van der Waals surface area contributed by atoms with E-state index in [9.17, 15) is 57.5 Å². The minimum absolute atomic E-state index is 0. The summed E-state index contributed by atoms with van der Waals surface area (Å²) in [7, 11) is 15.4. The van der Waals surface area contributed by atoms with E-state index in [2.05, 4.69) is 277 Å². The Kier molecular flexibility index (Phi) is 79.6. The maximum atomic E-state index is 12.1. The molecule has 0 aliphatic rings. The number of hydrogen-bond acceptors (Lipinski definition) is 24. The Morgan fingerprint density at radius 1 is 0.260 bits per heavy atom. The van der Waals surface area contributed by atoms with Gasteiger partial charge in [-0.1, -0.05) is 363 Å². The third kappa shape index (κ3) is 58.9. The number of methoxy groups -OCH3 is 12. The van der Waals surface area contributed by atoms with Gasteiger partial charge in [-0.2, -0.15) is 0 Å². The van der Waals surface area contributed by atoms with Crippen LogP contribution in [0.3, 0.4) is 0 Å². The standard InChI is InChI=1S/C26H28.C18H20.2C15H24O6.2C10H16O4.2C8H8.2C5H8O2.6CH4/c1-21(22-13-7-4-8-14-22)19-24(23-15-9-5-10-16-23)20-26(2,3)25-17-11-6-12-18-25;1-15(16-10-6-4-7-11-16)14-18(2,3)17-12-8-5-9-13-17;2*1-10(11(16)19-5)8-15(4,13(18)21-7)9-14(2,3)12(17)20-6;2*1-7(8(11)13-4)6-10(2,3)9(12)14-5;2*1-2-8-6-4-3-5-7-8;2*1-4(2)5(6)7-3;;;;;;/h4-18,24H,1,19-20H2,2-3H3;4-13H,1,14H2,2-3H3;2*1,8-9H2,2-7H3;2*1,6H2,2-5H3;2*2-7H,1H2;2*1H2,2-3H3;6*1H4. The lowest BCUT2D eigenvalue weighted by Crippen LogP contribution is -2.39. The summed E-state index contributed by atoms with van der Waals surface area (Å²) in [6, 6.07) is 73.4. The number of allylic oxidation sites excluding steroid dienone is 2. The maximum Gasteiger partial charge on any atom is 0.333 e. The highest BCUT2D eigenvalue weighted by Gasteiger charge is 2.46. The summed E-state index contributed by atoms with van der Waals surface area (Å²) < 4.78 is 55.0. The van der Waals surface area contributed by atoms with Gasteiger partial charge in [-0.05, 0) is 208 Å². The summed E-state index contributed by atoms with van der Waals surface area (Å²) in [4.78, 5) is 136. The zero-order valence-corrected chi connectivity index (χ0v) is 90.7. The summed E-state index contributed by atoms with van der Waals surface area (Å²) >= 11 is 0. The largest absolute Gasteiger partial charge is 0.469 e. The molecule has 0 aliphatic carbocycles. The number of benzene rings is 7. The van der Waals surface area contributed by atoms with Gasteiger partial charge in [0.25, 0.3) is 0 Å². The number of carbonyl (C=O) groups excluding carboxylic acids is 12. The Labute approximate surface area is 902 Å². The molecule has 150 heavy (non-hydrogen) atoms. The number of rotatable bonds is 37. The molecule has 0 saturated heterocycles. The van der Waals surface area contributed by atoms with E-state index >= 15 is 0 Å². The molecule has 24 heteroatoms. The zero-order chi connectivity index (χ0) is 111. The Morgan fingerprint density at radius 3 is 0.707 bits per heavy atom. The first-order chi connectivity index (χ1) is 67.1. The van der Waals surface area contributed by atoms with Gasteiger partial charge in [-0.15, -0.1) is 0 Å². The summed E-state index contributed by atoms with van der Waals surface area (Å²) in [6.07, 6.45) is 7.53. The molecule has 0 saturated carbocycles. The molecule has 3 atom stereocenters. The Bertz CT molecular complexity index is 5090. The van der Waals surface area contributed by atoms with Crippen LogP contribution >= 0.6 is 0 Å². The van der Waals surface area contributed by atoms with Gasteiger partial charge in [-0.25, -0.2) is 28.8 Å². The Morgan fingerprint density at radius 2 is 0.480 bits per heavy atom. The molecular weight excluding hydrogens is 1900 g/mol. The van der Waals surface area contributed by atoms with E-state index < -0.39 is 80.2 Å². The van der Waals surface area contributed by atoms with Gasteiger partial charge in [0.05, 0.1) is 118 Å². The van der Waals surface area contributed by atoms with Crippen LogP contribution in [0.5, 0.6) is 0 Å². The zero-order valence-electron chi connectivity index (χ0n) is 90.7. The highest BCUT2D eigenvalue weighted by atomic mass is 16.6. The van der Waals surface area contributed by atoms with Crippen molar-refractivity contribution in [3.63, 3.8) is 0 Å². The minimum Gasteiger partial charge on any atom is -0.469 e. The van der Waals surface area contributed by atoms with Crippen LogP contribution in [0.2, 0.25) is 0 Å². The molecular formula is C126H184O24. The third-order valence-electron chi connectivity index (χ3n) is 22.2. The molecule has 7 rings (SSSR count). The molecule has 7 aromatic carbocycles. The molecule has 0 amide bonds. The van der Waals surface area contributed by atoms with Crippen molar-refractivity contribution in [1.29, 1.82) is 0 Å². The summed E-state index contributed by atoms with van der Waals surface area (Å²) in [5.41, 5.74) is 7.82. The van der Waals surface area contributed by atoms with Crippen molar-refractivity contribution < 1.29 is 114 Å². The van der Waals surface area contributed by atoms with Crippen molar-refractivity contribution >= 4 is 94.9 Å². The lowest BCUT2D eigenvalue weighted by Gasteiger charge is -2.33. The summed E-state index contributed by atoms with van der Waals surface area (Å²) in [5.74, 6) is -5.12. The molecule has 0 spiro atoms. The van der Waals surface area contributed by atoms with Crippen molar-refractivity contribution in [3.8, 4) is 0 Å². The van der Waals surface area contributed by atoms with E-state index in [1.165, 1.54) is 135 Å². The molecule has 3 unspecified atom stereocenters. The number of ether oxygens (including phenoxy) is 12. The number of hydrogen-bond donors (Lipinski definition) is 0. The normalized spacial score (nSPS) is 11.0. The predicted molar refractivity (Wildman–Crippen MR) is 616 cm³/mol. The van der Waals surface area contributed by atoms with Crippen LogP contribution < -0.4 is 0 Å². The summed E-state index contributed by atoms with van der Waals surface area (Å²) in [5, 5.41) is 0. The van der Waals surface area contributed by atoms with Crippen LogP contribution in [0.15, 0.2) is 312 Å². The lowest BCUT2D eigenvalue weighted by molar-refractivity contribution is -0.161.